The van der Waals surface area contributed by atoms with E-state index in [9.17, 15) is 55.7 Å². The fourth-order valence-corrected chi connectivity index (χ4v) is 1.31. The Kier molecular flexibility index (Phi) is 12.6. The third kappa shape index (κ3) is 10.2. The first kappa shape index (κ1) is 28.3. The first-order chi connectivity index (χ1) is 10.6. The third-order valence-corrected chi connectivity index (χ3v) is 2.58. The number of carbonyl (C=O) groups excluding carboxylic acids is 4. The number of alkyl halides is 6. The molecule has 2 atom stereocenters. The van der Waals surface area contributed by atoms with Crippen LogP contribution in [0.15, 0.2) is 0 Å². The van der Waals surface area contributed by atoms with Gasteiger partial charge in [0, 0.05) is 0 Å². The number of hydrogen-bond acceptors (Lipinski definition) is 6. The number of rotatable bonds is 6. The molecular formula is C12H12F6O6Zn. The number of carbonyl (C=O) groups is 4. The average molecular weight is 432 g/mol. The summed E-state index contributed by atoms with van der Waals surface area (Å²) in [6.45, 7) is 2.34. The summed E-state index contributed by atoms with van der Waals surface area (Å²) in [5.74, 6) is -12.6. The van der Waals surface area contributed by atoms with Crippen molar-refractivity contribution < 1.29 is 75.2 Å². The second-order valence-corrected chi connectivity index (χ2v) is 4.28. The molecule has 0 fully saturated rings. The van der Waals surface area contributed by atoms with E-state index in [1.165, 1.54) is 13.8 Å². The van der Waals surface area contributed by atoms with Crippen molar-refractivity contribution in [2.24, 2.45) is 11.8 Å². The Labute approximate surface area is 150 Å². The van der Waals surface area contributed by atoms with E-state index in [0.29, 0.717) is 0 Å². The number of carboxylic acids is 2. The van der Waals surface area contributed by atoms with Crippen LogP contribution in [0.4, 0.5) is 26.3 Å². The maximum absolute atomic E-state index is 11.6. The summed E-state index contributed by atoms with van der Waals surface area (Å²) in [7, 11) is 0. The molecule has 0 rings (SSSR count). The van der Waals surface area contributed by atoms with Crippen LogP contribution in [0, 0.1) is 11.8 Å². The number of ketones is 2. The van der Waals surface area contributed by atoms with Crippen molar-refractivity contribution in [3.05, 3.63) is 0 Å². The predicted molar refractivity (Wildman–Crippen MR) is 59.7 cm³/mol. The molecule has 0 spiro atoms. The minimum absolute atomic E-state index is 0. The molecule has 0 bridgehead atoms. The Bertz CT molecular complexity index is 443. The summed E-state index contributed by atoms with van der Waals surface area (Å²) in [6.07, 6.45) is -11.0. The molecule has 25 heavy (non-hydrogen) atoms. The first-order valence-corrected chi connectivity index (χ1v) is 6.24. The smallest absolute Gasteiger partial charge is 0.549 e. The molecule has 0 aromatic rings. The maximum atomic E-state index is 11.6. The molecule has 0 aliphatic heterocycles. The first-order valence-electron chi connectivity index (χ1n) is 6.24. The molecule has 0 aromatic heterocycles. The van der Waals surface area contributed by atoms with E-state index < -0.39 is 60.5 Å². The SMILES string of the molecule is CCC(C(=O)[O-])C(=O)C(F)(F)F.CCC(C(=O)[O-])C(=O)C(F)(F)F.[Zn+2]. The van der Waals surface area contributed by atoms with Gasteiger partial charge in [-0.15, -0.1) is 0 Å². The van der Waals surface area contributed by atoms with Crippen molar-refractivity contribution in [2.45, 2.75) is 39.0 Å². The van der Waals surface area contributed by atoms with Crippen LogP contribution >= 0.6 is 0 Å². The molecule has 2 unspecified atom stereocenters. The van der Waals surface area contributed by atoms with Gasteiger partial charge < -0.3 is 19.8 Å². The van der Waals surface area contributed by atoms with Crippen molar-refractivity contribution in [1.82, 2.24) is 0 Å². The molecular weight excluding hydrogens is 420 g/mol. The molecule has 0 aliphatic rings. The normalized spacial score (nSPS) is 13.4. The minimum atomic E-state index is -5.10. The van der Waals surface area contributed by atoms with E-state index in [1.807, 2.05) is 0 Å². The van der Waals surface area contributed by atoms with Gasteiger partial charge in [0.2, 0.25) is 11.6 Å². The largest absolute Gasteiger partial charge is 2.00 e. The van der Waals surface area contributed by atoms with Crippen molar-refractivity contribution in [3.8, 4) is 0 Å². The molecule has 0 saturated carbocycles. The van der Waals surface area contributed by atoms with Gasteiger partial charge in [-0.05, 0) is 12.8 Å². The second-order valence-electron chi connectivity index (χ2n) is 4.28. The molecule has 0 aromatic carbocycles. The zero-order valence-electron chi connectivity index (χ0n) is 13.0. The number of Topliss-reactive ketones (excluding diaryl/α,β-unsaturated/α-hetero) is 2. The quantitative estimate of drug-likeness (QED) is 0.326. The predicted octanol–water partition coefficient (Wildman–Crippen LogP) is -0.215. The fourth-order valence-electron chi connectivity index (χ4n) is 1.31. The minimum Gasteiger partial charge on any atom is -0.549 e. The van der Waals surface area contributed by atoms with Gasteiger partial charge in [-0.3, -0.25) is 9.59 Å². The van der Waals surface area contributed by atoms with E-state index in [-0.39, 0.29) is 19.5 Å². The van der Waals surface area contributed by atoms with E-state index in [0.717, 1.165) is 0 Å². The van der Waals surface area contributed by atoms with Crippen molar-refractivity contribution in [1.29, 1.82) is 0 Å². The van der Waals surface area contributed by atoms with Crippen LogP contribution in [0.2, 0.25) is 0 Å². The summed E-state index contributed by atoms with van der Waals surface area (Å²) in [5, 5.41) is 20.0. The number of halogens is 6. The molecule has 6 nitrogen and oxygen atoms in total. The number of aliphatic carboxylic acids is 2. The Morgan fingerprint density at radius 2 is 0.920 bits per heavy atom. The Morgan fingerprint density at radius 1 is 0.720 bits per heavy atom. The van der Waals surface area contributed by atoms with E-state index >= 15 is 0 Å². The second kappa shape index (κ2) is 11.2. The molecule has 13 heteroatoms. The van der Waals surface area contributed by atoms with Crippen LogP contribution in [0.5, 0.6) is 0 Å². The van der Waals surface area contributed by atoms with Crippen LogP contribution in [0.25, 0.3) is 0 Å². The van der Waals surface area contributed by atoms with Gasteiger partial charge in [0.1, 0.15) is 0 Å². The van der Waals surface area contributed by atoms with Gasteiger partial charge in [0.15, 0.2) is 0 Å². The fraction of sp³-hybridized carbons (Fsp3) is 0.667. The van der Waals surface area contributed by atoms with Crippen LogP contribution < -0.4 is 10.2 Å². The average Bonchev–Trinajstić information content (AvgIpc) is 2.37. The molecule has 0 aliphatic carbocycles. The standard InChI is InChI=1S/2C6H7F3O3.Zn/c2*1-2-3(5(11)12)4(10)6(7,8)9;/h2*3H,2H2,1H3,(H,11,12);/q;;+2/p-2. The van der Waals surface area contributed by atoms with E-state index in [2.05, 4.69) is 0 Å². The van der Waals surface area contributed by atoms with Crippen molar-refractivity contribution in [3.63, 3.8) is 0 Å². The summed E-state index contributed by atoms with van der Waals surface area (Å²) < 4.78 is 69.6. The Hall–Kier alpha value is -1.52. The topological polar surface area (TPSA) is 114 Å². The zero-order chi connectivity index (χ0) is 19.9. The molecule has 0 saturated heterocycles. The van der Waals surface area contributed by atoms with Gasteiger partial charge >= 0.3 is 31.8 Å². The van der Waals surface area contributed by atoms with Gasteiger partial charge in [0.25, 0.3) is 0 Å². The Morgan fingerprint density at radius 3 is 0.960 bits per heavy atom. The number of hydrogen-bond donors (Lipinski definition) is 0. The van der Waals surface area contributed by atoms with E-state index in [1.54, 1.807) is 0 Å². The maximum Gasteiger partial charge on any atom is 2.00 e. The summed E-state index contributed by atoms with van der Waals surface area (Å²) in [6, 6.07) is 0. The Balaban J connectivity index is -0.000000372. The zero-order valence-corrected chi connectivity index (χ0v) is 16.0. The van der Waals surface area contributed by atoms with Crippen LogP contribution in [0.3, 0.4) is 0 Å². The third-order valence-electron chi connectivity index (χ3n) is 2.58. The molecule has 0 amide bonds. The van der Waals surface area contributed by atoms with Gasteiger partial charge in [-0.2, -0.15) is 26.3 Å². The van der Waals surface area contributed by atoms with Crippen LogP contribution in [0.1, 0.15) is 26.7 Å². The molecule has 0 heterocycles. The van der Waals surface area contributed by atoms with E-state index in [4.69, 9.17) is 0 Å². The van der Waals surface area contributed by atoms with Crippen molar-refractivity contribution in [2.75, 3.05) is 0 Å². The molecule has 0 radical (unpaired) electrons. The number of carboxylic acid groups (broad SMARTS) is 2. The van der Waals surface area contributed by atoms with Crippen LogP contribution in [-0.4, -0.2) is 35.9 Å². The summed E-state index contributed by atoms with van der Waals surface area (Å²) in [5.41, 5.74) is 0. The van der Waals surface area contributed by atoms with Gasteiger partial charge in [-0.1, -0.05) is 13.8 Å². The summed E-state index contributed by atoms with van der Waals surface area (Å²) in [4.78, 5) is 40.6. The molecule has 140 valence electrons. The monoisotopic (exact) mass is 430 g/mol. The van der Waals surface area contributed by atoms with Crippen molar-refractivity contribution >= 4 is 23.5 Å². The molecule has 0 N–H and O–H groups in total. The van der Waals surface area contributed by atoms with Crippen LogP contribution in [-0.2, 0) is 38.7 Å². The summed E-state index contributed by atoms with van der Waals surface area (Å²) >= 11 is 0. The van der Waals surface area contributed by atoms with Gasteiger partial charge in [0.05, 0.1) is 23.8 Å². The van der Waals surface area contributed by atoms with Gasteiger partial charge in [-0.25, -0.2) is 0 Å².